The van der Waals surface area contributed by atoms with Gasteiger partial charge >= 0.3 is 0 Å². The normalized spacial score (nSPS) is 16.2. The molecule has 0 bridgehead atoms. The number of rotatable bonds is 7. The summed E-state index contributed by atoms with van der Waals surface area (Å²) in [4.78, 5) is 5.09. The number of piperazine rings is 1. The monoisotopic (exact) mass is 324 g/mol. The van der Waals surface area contributed by atoms with Crippen molar-refractivity contribution in [2.45, 2.75) is 20.0 Å². The van der Waals surface area contributed by atoms with Crippen LogP contribution in [0.3, 0.4) is 0 Å². The third-order valence-electron chi connectivity index (χ3n) is 4.71. The Bertz CT molecular complexity index is 606. The first kappa shape index (κ1) is 17.0. The molecule has 3 rings (SSSR count). The molecule has 0 unspecified atom stereocenters. The molecule has 1 heterocycles. The number of likely N-dealkylation sites (N-methyl/N-ethyl adjacent to an activating group) is 1. The molecule has 2 aromatic carbocycles. The van der Waals surface area contributed by atoms with Crippen LogP contribution in [0.4, 0.5) is 5.69 Å². The molecular formula is C20H28N4. The molecule has 1 aliphatic rings. The van der Waals surface area contributed by atoms with Crippen LogP contribution in [0.15, 0.2) is 54.6 Å². The minimum Gasteiger partial charge on any atom is -0.321 e. The van der Waals surface area contributed by atoms with Crippen LogP contribution in [0.2, 0.25) is 0 Å². The van der Waals surface area contributed by atoms with Crippen molar-refractivity contribution in [3.63, 3.8) is 0 Å². The third-order valence-corrected chi connectivity index (χ3v) is 4.71. The Morgan fingerprint density at radius 1 is 0.792 bits per heavy atom. The number of anilines is 1. The average Bonchev–Trinajstić information content (AvgIpc) is 2.65. The third kappa shape index (κ3) is 4.81. The number of para-hydroxylation sites is 1. The maximum absolute atomic E-state index is 3.34. The van der Waals surface area contributed by atoms with E-state index in [-0.39, 0.29) is 0 Å². The van der Waals surface area contributed by atoms with Crippen molar-refractivity contribution in [3.8, 4) is 0 Å². The summed E-state index contributed by atoms with van der Waals surface area (Å²) in [5.74, 6) is 0. The number of nitrogens with one attached hydrogen (secondary N) is 2. The van der Waals surface area contributed by atoms with Gasteiger partial charge in [-0.25, -0.2) is 5.43 Å². The number of hydrazine groups is 1. The Labute approximate surface area is 145 Å². The Kier molecular flexibility index (Phi) is 6.24. The first-order valence-electron chi connectivity index (χ1n) is 8.90. The van der Waals surface area contributed by atoms with Gasteiger partial charge in [-0.3, -0.25) is 4.90 Å². The fraction of sp³-hybridized carbons (Fsp3) is 0.400. The summed E-state index contributed by atoms with van der Waals surface area (Å²) in [7, 11) is 0. The first-order chi connectivity index (χ1) is 11.8. The first-order valence-corrected chi connectivity index (χ1v) is 8.90. The molecule has 0 atom stereocenters. The molecule has 1 fully saturated rings. The molecular weight excluding hydrogens is 296 g/mol. The van der Waals surface area contributed by atoms with E-state index in [2.05, 4.69) is 64.0 Å². The van der Waals surface area contributed by atoms with Crippen LogP contribution in [0.1, 0.15) is 18.1 Å². The summed E-state index contributed by atoms with van der Waals surface area (Å²) in [5, 5.41) is 0. The summed E-state index contributed by atoms with van der Waals surface area (Å²) in [6.45, 7) is 9.98. The van der Waals surface area contributed by atoms with Crippen molar-refractivity contribution in [2.75, 3.05) is 38.1 Å². The Hall–Kier alpha value is -1.88. The van der Waals surface area contributed by atoms with Gasteiger partial charge in [-0.05, 0) is 29.8 Å². The van der Waals surface area contributed by atoms with Gasteiger partial charge in [0, 0.05) is 45.0 Å². The quantitative estimate of drug-likeness (QED) is 0.767. The van der Waals surface area contributed by atoms with E-state index in [4.69, 9.17) is 0 Å². The summed E-state index contributed by atoms with van der Waals surface area (Å²) in [6, 6.07) is 19.0. The van der Waals surface area contributed by atoms with Gasteiger partial charge in [0.05, 0.1) is 0 Å². The number of nitrogens with zero attached hydrogens (tertiary/aromatic N) is 2. The molecule has 2 aromatic rings. The Morgan fingerprint density at radius 3 is 2.12 bits per heavy atom. The van der Waals surface area contributed by atoms with Crippen molar-refractivity contribution in [1.82, 2.24) is 15.2 Å². The van der Waals surface area contributed by atoms with Gasteiger partial charge in [0.1, 0.15) is 0 Å². The van der Waals surface area contributed by atoms with Crippen LogP contribution < -0.4 is 10.9 Å². The second-order valence-electron chi connectivity index (χ2n) is 6.32. The summed E-state index contributed by atoms with van der Waals surface area (Å²) in [6.07, 6.45) is 0. The molecule has 0 saturated carbocycles. The van der Waals surface area contributed by atoms with E-state index in [1.807, 2.05) is 18.2 Å². The summed E-state index contributed by atoms with van der Waals surface area (Å²) < 4.78 is 0. The SMILES string of the molecule is CCN1CCN(Cc2ccccc2CNNc2ccccc2)CC1. The van der Waals surface area contributed by atoms with Crippen LogP contribution in [-0.4, -0.2) is 42.5 Å². The van der Waals surface area contributed by atoms with E-state index in [1.165, 1.54) is 30.8 Å². The van der Waals surface area contributed by atoms with Crippen LogP contribution in [0.5, 0.6) is 0 Å². The predicted octanol–water partition coefficient (Wildman–Crippen LogP) is 2.94. The van der Waals surface area contributed by atoms with E-state index in [9.17, 15) is 0 Å². The summed E-state index contributed by atoms with van der Waals surface area (Å²) >= 11 is 0. The maximum Gasteiger partial charge on any atom is 0.0487 e. The molecule has 0 spiro atoms. The van der Waals surface area contributed by atoms with E-state index in [0.717, 1.165) is 31.9 Å². The number of benzene rings is 2. The average molecular weight is 324 g/mol. The van der Waals surface area contributed by atoms with Crippen LogP contribution in [0, 0.1) is 0 Å². The second-order valence-corrected chi connectivity index (χ2v) is 6.32. The van der Waals surface area contributed by atoms with Crippen LogP contribution in [0.25, 0.3) is 0 Å². The molecule has 0 amide bonds. The minimum absolute atomic E-state index is 0.819. The molecule has 24 heavy (non-hydrogen) atoms. The van der Waals surface area contributed by atoms with E-state index in [1.54, 1.807) is 0 Å². The zero-order valence-electron chi connectivity index (χ0n) is 14.5. The molecule has 1 saturated heterocycles. The largest absolute Gasteiger partial charge is 0.321 e. The Balaban J connectivity index is 1.53. The zero-order chi connectivity index (χ0) is 16.6. The molecule has 4 heteroatoms. The molecule has 1 aliphatic heterocycles. The fourth-order valence-corrected chi connectivity index (χ4v) is 3.15. The lowest BCUT2D eigenvalue weighted by atomic mass is 10.1. The highest BCUT2D eigenvalue weighted by molar-refractivity contribution is 5.41. The molecule has 0 aromatic heterocycles. The predicted molar refractivity (Wildman–Crippen MR) is 101 cm³/mol. The van der Waals surface area contributed by atoms with Gasteiger partial charge in [0.15, 0.2) is 0 Å². The zero-order valence-corrected chi connectivity index (χ0v) is 14.5. The van der Waals surface area contributed by atoms with Crippen molar-refractivity contribution in [1.29, 1.82) is 0 Å². The smallest absolute Gasteiger partial charge is 0.0487 e. The molecule has 0 radical (unpaired) electrons. The maximum atomic E-state index is 3.34. The van der Waals surface area contributed by atoms with Gasteiger partial charge in [0.2, 0.25) is 0 Å². The fourth-order valence-electron chi connectivity index (χ4n) is 3.15. The second kappa shape index (κ2) is 8.83. The van der Waals surface area contributed by atoms with E-state index in [0.29, 0.717) is 0 Å². The molecule has 2 N–H and O–H groups in total. The highest BCUT2D eigenvalue weighted by Gasteiger charge is 2.16. The van der Waals surface area contributed by atoms with Gasteiger partial charge in [-0.15, -0.1) is 0 Å². The molecule has 128 valence electrons. The van der Waals surface area contributed by atoms with Crippen molar-refractivity contribution >= 4 is 5.69 Å². The number of hydrogen-bond donors (Lipinski definition) is 2. The van der Waals surface area contributed by atoms with E-state index >= 15 is 0 Å². The lowest BCUT2D eigenvalue weighted by molar-refractivity contribution is 0.131. The highest BCUT2D eigenvalue weighted by Crippen LogP contribution is 2.14. The lowest BCUT2D eigenvalue weighted by Gasteiger charge is -2.34. The summed E-state index contributed by atoms with van der Waals surface area (Å²) in [5.41, 5.74) is 10.5. The molecule has 4 nitrogen and oxygen atoms in total. The Morgan fingerprint density at radius 2 is 1.42 bits per heavy atom. The van der Waals surface area contributed by atoms with Gasteiger partial charge in [-0.2, -0.15) is 0 Å². The molecule has 0 aliphatic carbocycles. The number of hydrogen-bond acceptors (Lipinski definition) is 4. The standard InChI is InChI=1S/C20H28N4/c1-2-23-12-14-24(15-13-23)17-19-9-7-6-8-18(19)16-21-22-20-10-4-3-5-11-20/h3-11,21-22H,2,12-17H2,1H3. The topological polar surface area (TPSA) is 30.5 Å². The van der Waals surface area contributed by atoms with Crippen LogP contribution in [-0.2, 0) is 13.1 Å². The van der Waals surface area contributed by atoms with Gasteiger partial charge < -0.3 is 10.3 Å². The van der Waals surface area contributed by atoms with Crippen molar-refractivity contribution in [2.24, 2.45) is 0 Å². The lowest BCUT2D eigenvalue weighted by Crippen LogP contribution is -2.45. The highest BCUT2D eigenvalue weighted by atomic mass is 15.3. The van der Waals surface area contributed by atoms with Gasteiger partial charge in [0.25, 0.3) is 0 Å². The van der Waals surface area contributed by atoms with Crippen molar-refractivity contribution in [3.05, 3.63) is 65.7 Å². The van der Waals surface area contributed by atoms with Crippen molar-refractivity contribution < 1.29 is 0 Å². The van der Waals surface area contributed by atoms with E-state index < -0.39 is 0 Å². The minimum atomic E-state index is 0.819. The van der Waals surface area contributed by atoms with Gasteiger partial charge in [-0.1, -0.05) is 49.4 Å². The van der Waals surface area contributed by atoms with Crippen LogP contribution >= 0.6 is 0 Å².